The van der Waals surface area contributed by atoms with Gasteiger partial charge < -0.3 is 9.84 Å². The lowest BCUT2D eigenvalue weighted by Crippen LogP contribution is -2.09. The highest BCUT2D eigenvalue weighted by Gasteiger charge is 1.90. The highest BCUT2D eigenvalue weighted by atomic mass is 16.5. The van der Waals surface area contributed by atoms with E-state index in [1.807, 2.05) is 0 Å². The second-order valence-electron chi connectivity index (χ2n) is 1.57. The standard InChI is InChI=1S/C6H10O2/c1-3-4-8-5-6(2)7/h1,6-7H,4-5H2,2H3. The molecular weight excluding hydrogens is 104 g/mol. The lowest BCUT2D eigenvalue weighted by molar-refractivity contribution is 0.0621. The van der Waals surface area contributed by atoms with Gasteiger partial charge in [0.05, 0.1) is 12.7 Å². The first-order valence-corrected chi connectivity index (χ1v) is 2.46. The Morgan fingerprint density at radius 2 is 2.50 bits per heavy atom. The van der Waals surface area contributed by atoms with Crippen LogP contribution in [0.25, 0.3) is 0 Å². The molecule has 0 heterocycles. The number of ether oxygens (including phenoxy) is 1. The monoisotopic (exact) mass is 114 g/mol. The molecule has 0 aliphatic heterocycles. The van der Waals surface area contributed by atoms with Crippen LogP contribution in [0, 0.1) is 12.3 Å². The number of hydrogen-bond acceptors (Lipinski definition) is 2. The third kappa shape index (κ3) is 5.48. The average molecular weight is 114 g/mol. The zero-order valence-corrected chi connectivity index (χ0v) is 4.92. The lowest BCUT2D eigenvalue weighted by Gasteiger charge is -2.00. The fourth-order valence-electron chi connectivity index (χ4n) is 0.288. The molecule has 1 N–H and O–H groups in total. The minimum Gasteiger partial charge on any atom is -0.391 e. The second kappa shape index (κ2) is 4.63. The van der Waals surface area contributed by atoms with Crippen molar-refractivity contribution in [2.24, 2.45) is 0 Å². The molecule has 0 aromatic rings. The zero-order chi connectivity index (χ0) is 6.41. The van der Waals surface area contributed by atoms with Gasteiger partial charge in [-0.15, -0.1) is 6.42 Å². The van der Waals surface area contributed by atoms with E-state index < -0.39 is 6.10 Å². The van der Waals surface area contributed by atoms with E-state index in [0.29, 0.717) is 6.61 Å². The summed E-state index contributed by atoms with van der Waals surface area (Å²) in [6.45, 7) is 2.26. The Hall–Kier alpha value is -0.520. The summed E-state index contributed by atoms with van der Waals surface area (Å²) in [6, 6.07) is 0. The van der Waals surface area contributed by atoms with Crippen molar-refractivity contribution in [2.75, 3.05) is 13.2 Å². The molecule has 0 spiro atoms. The molecule has 0 amide bonds. The van der Waals surface area contributed by atoms with E-state index in [2.05, 4.69) is 5.92 Å². The Balaban J connectivity index is 2.85. The maximum absolute atomic E-state index is 8.59. The molecule has 0 aliphatic carbocycles. The Bertz CT molecular complexity index is 81.0. The summed E-state index contributed by atoms with van der Waals surface area (Å²) >= 11 is 0. The summed E-state index contributed by atoms with van der Waals surface area (Å²) < 4.78 is 4.76. The van der Waals surface area contributed by atoms with Crippen molar-refractivity contribution in [3.8, 4) is 12.3 Å². The lowest BCUT2D eigenvalue weighted by atomic mass is 10.4. The first-order valence-electron chi connectivity index (χ1n) is 2.46. The van der Waals surface area contributed by atoms with Crippen LogP contribution in [0.5, 0.6) is 0 Å². The third-order valence-electron chi connectivity index (χ3n) is 0.544. The molecule has 0 radical (unpaired) electrons. The highest BCUT2D eigenvalue weighted by molar-refractivity contribution is 4.82. The molecule has 2 heteroatoms. The minimum atomic E-state index is -0.414. The van der Waals surface area contributed by atoms with Crippen LogP contribution in [-0.4, -0.2) is 24.4 Å². The van der Waals surface area contributed by atoms with Gasteiger partial charge >= 0.3 is 0 Å². The molecule has 2 nitrogen and oxygen atoms in total. The summed E-state index contributed by atoms with van der Waals surface area (Å²) in [5.74, 6) is 2.29. The van der Waals surface area contributed by atoms with Gasteiger partial charge in [0.1, 0.15) is 6.61 Å². The maximum Gasteiger partial charge on any atom is 0.107 e. The van der Waals surface area contributed by atoms with Crippen molar-refractivity contribution in [3.05, 3.63) is 0 Å². The van der Waals surface area contributed by atoms with Crippen molar-refractivity contribution in [1.82, 2.24) is 0 Å². The Kier molecular flexibility index (Phi) is 4.33. The van der Waals surface area contributed by atoms with Crippen molar-refractivity contribution >= 4 is 0 Å². The van der Waals surface area contributed by atoms with Gasteiger partial charge in [0.2, 0.25) is 0 Å². The Morgan fingerprint density at radius 3 is 2.88 bits per heavy atom. The van der Waals surface area contributed by atoms with E-state index in [9.17, 15) is 0 Å². The van der Waals surface area contributed by atoms with Crippen molar-refractivity contribution < 1.29 is 9.84 Å². The Morgan fingerprint density at radius 1 is 1.88 bits per heavy atom. The van der Waals surface area contributed by atoms with Gasteiger partial charge in [-0.1, -0.05) is 5.92 Å². The number of aliphatic hydroxyl groups excluding tert-OH is 1. The smallest absolute Gasteiger partial charge is 0.107 e. The topological polar surface area (TPSA) is 29.5 Å². The molecule has 0 saturated heterocycles. The molecule has 0 rings (SSSR count). The molecule has 8 heavy (non-hydrogen) atoms. The van der Waals surface area contributed by atoms with E-state index in [1.54, 1.807) is 6.92 Å². The molecule has 1 atom stereocenters. The molecular formula is C6H10O2. The van der Waals surface area contributed by atoms with Gasteiger partial charge in [-0.25, -0.2) is 0 Å². The molecule has 0 fully saturated rings. The van der Waals surface area contributed by atoms with Gasteiger partial charge in [0, 0.05) is 0 Å². The minimum absolute atomic E-state index is 0.283. The van der Waals surface area contributed by atoms with Crippen molar-refractivity contribution in [2.45, 2.75) is 13.0 Å². The normalized spacial score (nSPS) is 12.6. The van der Waals surface area contributed by atoms with Crippen LogP contribution in [0.1, 0.15) is 6.92 Å². The predicted molar refractivity (Wildman–Crippen MR) is 31.3 cm³/mol. The first-order chi connectivity index (χ1) is 3.77. The molecule has 0 aromatic carbocycles. The first kappa shape index (κ1) is 7.48. The van der Waals surface area contributed by atoms with E-state index in [1.165, 1.54) is 0 Å². The fourth-order valence-corrected chi connectivity index (χ4v) is 0.288. The summed E-state index contributed by atoms with van der Waals surface area (Å²) in [5, 5.41) is 8.59. The van der Waals surface area contributed by atoms with E-state index in [4.69, 9.17) is 16.3 Å². The Labute approximate surface area is 49.5 Å². The quantitative estimate of drug-likeness (QED) is 0.414. The van der Waals surface area contributed by atoms with Crippen LogP contribution in [-0.2, 0) is 4.74 Å². The largest absolute Gasteiger partial charge is 0.391 e. The number of aliphatic hydroxyl groups is 1. The van der Waals surface area contributed by atoms with Gasteiger partial charge in [0.25, 0.3) is 0 Å². The second-order valence-corrected chi connectivity index (χ2v) is 1.57. The highest BCUT2D eigenvalue weighted by Crippen LogP contribution is 1.79. The van der Waals surface area contributed by atoms with E-state index in [-0.39, 0.29) is 6.61 Å². The summed E-state index contributed by atoms with van der Waals surface area (Å²) in [7, 11) is 0. The van der Waals surface area contributed by atoms with Crippen LogP contribution < -0.4 is 0 Å². The van der Waals surface area contributed by atoms with Crippen LogP contribution in [0.15, 0.2) is 0 Å². The molecule has 1 unspecified atom stereocenters. The number of rotatable bonds is 3. The van der Waals surface area contributed by atoms with Gasteiger partial charge in [-0.05, 0) is 6.92 Å². The number of hydrogen-bond donors (Lipinski definition) is 1. The van der Waals surface area contributed by atoms with Crippen LogP contribution in [0.2, 0.25) is 0 Å². The third-order valence-corrected chi connectivity index (χ3v) is 0.544. The SMILES string of the molecule is C#CCOCC(C)O. The fraction of sp³-hybridized carbons (Fsp3) is 0.667. The van der Waals surface area contributed by atoms with Gasteiger partial charge in [0.15, 0.2) is 0 Å². The zero-order valence-electron chi connectivity index (χ0n) is 4.92. The summed E-state index contributed by atoms with van der Waals surface area (Å²) in [4.78, 5) is 0. The summed E-state index contributed by atoms with van der Waals surface area (Å²) in [6.07, 6.45) is 4.44. The van der Waals surface area contributed by atoms with E-state index >= 15 is 0 Å². The molecule has 0 saturated carbocycles. The van der Waals surface area contributed by atoms with E-state index in [0.717, 1.165) is 0 Å². The molecule has 0 aliphatic rings. The van der Waals surface area contributed by atoms with Crippen LogP contribution in [0.4, 0.5) is 0 Å². The van der Waals surface area contributed by atoms with Gasteiger partial charge in [-0.2, -0.15) is 0 Å². The van der Waals surface area contributed by atoms with Crippen molar-refractivity contribution in [3.63, 3.8) is 0 Å². The number of terminal acetylenes is 1. The molecule has 0 aromatic heterocycles. The van der Waals surface area contributed by atoms with Gasteiger partial charge in [-0.3, -0.25) is 0 Å². The van der Waals surface area contributed by atoms with Crippen molar-refractivity contribution in [1.29, 1.82) is 0 Å². The van der Waals surface area contributed by atoms with Crippen LogP contribution >= 0.6 is 0 Å². The summed E-state index contributed by atoms with van der Waals surface area (Å²) in [5.41, 5.74) is 0. The average Bonchev–Trinajstić information content (AvgIpc) is 1.66. The molecule has 46 valence electrons. The van der Waals surface area contributed by atoms with Crippen LogP contribution in [0.3, 0.4) is 0 Å². The molecule has 0 bridgehead atoms. The maximum atomic E-state index is 8.59. The predicted octanol–water partition coefficient (Wildman–Crippen LogP) is 0.0170.